The van der Waals surface area contributed by atoms with Crippen LogP contribution in [0.15, 0.2) is 103 Å². The predicted octanol–water partition coefficient (Wildman–Crippen LogP) is 8.29. The second kappa shape index (κ2) is 7.42. The SMILES string of the molecule is Cc1ccc(C#N)cc1-c1cc2c3c(c1)n1c4cc5ccccc5cc4nc1n3c1nc3cc4ccccc4cc3n21. The molecule has 4 aromatic heterocycles. The molecule has 0 unspecified atom stereocenters. The molecule has 0 aliphatic rings. The molecule has 0 spiro atoms. The van der Waals surface area contributed by atoms with Gasteiger partial charge in [0.05, 0.1) is 44.7 Å². The molecule has 10 rings (SSSR count). The normalized spacial score (nSPS) is 12.4. The van der Waals surface area contributed by atoms with Crippen molar-refractivity contribution in [3.63, 3.8) is 0 Å². The Morgan fingerprint density at radius 3 is 1.62 bits per heavy atom. The highest BCUT2D eigenvalue weighted by molar-refractivity contribution is 6.08. The minimum absolute atomic E-state index is 0.648. The van der Waals surface area contributed by atoms with Crippen LogP contribution in [0.4, 0.5) is 0 Å². The lowest BCUT2D eigenvalue weighted by Gasteiger charge is -2.09. The van der Waals surface area contributed by atoms with Crippen LogP contribution in [-0.2, 0) is 0 Å². The first-order valence-electron chi connectivity index (χ1n) is 14.0. The third-order valence-electron chi connectivity index (χ3n) is 8.86. The number of aromatic nitrogens is 5. The van der Waals surface area contributed by atoms with Gasteiger partial charge in [-0.05, 0) is 93.7 Å². The molecular weight excluding hydrogens is 516 g/mol. The Morgan fingerprint density at radius 2 is 1.10 bits per heavy atom. The molecule has 0 atom stereocenters. The molecule has 0 bridgehead atoms. The van der Waals surface area contributed by atoms with Crippen molar-refractivity contribution in [3.05, 3.63) is 114 Å². The first-order valence-corrected chi connectivity index (χ1v) is 14.0. The van der Waals surface area contributed by atoms with E-state index in [0.717, 1.165) is 66.9 Å². The standard InChI is InChI=1S/C36H20N6/c1-20-10-11-21(19-37)12-27(20)26-17-32-34-33(18-26)41-31-16-25-9-5-3-7-23(25)14-29(31)39-36(41)42(34)35-38-28-13-22-6-2-4-8-24(22)15-30(28)40(32)35/h2-18H,1H3. The van der Waals surface area contributed by atoms with Crippen LogP contribution in [0.25, 0.3) is 82.8 Å². The van der Waals surface area contributed by atoms with Gasteiger partial charge in [0, 0.05) is 0 Å². The Kier molecular flexibility index (Phi) is 3.86. The van der Waals surface area contributed by atoms with Gasteiger partial charge in [0.15, 0.2) is 0 Å². The quantitative estimate of drug-likeness (QED) is 0.212. The van der Waals surface area contributed by atoms with Gasteiger partial charge in [0.2, 0.25) is 11.6 Å². The van der Waals surface area contributed by atoms with E-state index in [1.807, 2.05) is 18.2 Å². The number of nitriles is 1. The molecule has 0 amide bonds. The maximum absolute atomic E-state index is 9.70. The van der Waals surface area contributed by atoms with E-state index < -0.39 is 0 Å². The highest BCUT2D eigenvalue weighted by Gasteiger charge is 2.25. The van der Waals surface area contributed by atoms with E-state index in [2.05, 4.69) is 111 Å². The minimum atomic E-state index is 0.648. The average Bonchev–Trinajstić information content (AvgIpc) is 3.73. The van der Waals surface area contributed by atoms with Crippen molar-refractivity contribution in [2.45, 2.75) is 6.92 Å². The molecule has 194 valence electrons. The molecular formula is C36H20N6. The Bertz CT molecular complexity index is 2660. The van der Waals surface area contributed by atoms with E-state index in [-0.39, 0.29) is 0 Å². The van der Waals surface area contributed by atoms with Crippen molar-refractivity contribution in [1.29, 1.82) is 5.26 Å². The summed E-state index contributed by atoms with van der Waals surface area (Å²) in [6.45, 7) is 2.10. The van der Waals surface area contributed by atoms with Crippen molar-refractivity contribution < 1.29 is 0 Å². The van der Waals surface area contributed by atoms with E-state index in [1.54, 1.807) is 0 Å². The summed E-state index contributed by atoms with van der Waals surface area (Å²) >= 11 is 0. The number of nitrogens with zero attached hydrogens (tertiary/aromatic N) is 6. The van der Waals surface area contributed by atoms with Gasteiger partial charge in [-0.2, -0.15) is 5.26 Å². The van der Waals surface area contributed by atoms with Gasteiger partial charge < -0.3 is 0 Å². The van der Waals surface area contributed by atoms with E-state index >= 15 is 0 Å². The fourth-order valence-corrected chi connectivity index (χ4v) is 6.90. The monoisotopic (exact) mass is 536 g/mol. The lowest BCUT2D eigenvalue weighted by atomic mass is 9.97. The fraction of sp³-hybridized carbons (Fsp3) is 0.0278. The molecule has 0 saturated carbocycles. The summed E-state index contributed by atoms with van der Waals surface area (Å²) in [6.07, 6.45) is 0. The second-order valence-electron chi connectivity index (χ2n) is 11.2. The molecule has 0 saturated heterocycles. The maximum Gasteiger partial charge on any atom is 0.223 e. The zero-order valence-corrected chi connectivity index (χ0v) is 22.5. The predicted molar refractivity (Wildman–Crippen MR) is 169 cm³/mol. The molecule has 10 aromatic rings. The second-order valence-corrected chi connectivity index (χ2v) is 11.2. The van der Waals surface area contributed by atoms with Gasteiger partial charge in [0.1, 0.15) is 5.52 Å². The lowest BCUT2D eigenvalue weighted by Crippen LogP contribution is -1.90. The number of fused-ring (bicyclic) bond motifs is 12. The molecule has 0 aliphatic carbocycles. The number of aryl methyl sites for hydroxylation is 1. The van der Waals surface area contributed by atoms with Crippen LogP contribution < -0.4 is 0 Å². The first-order chi connectivity index (χ1) is 20.7. The number of hydrogen-bond acceptors (Lipinski definition) is 3. The largest absolute Gasteiger partial charge is 0.276 e. The summed E-state index contributed by atoms with van der Waals surface area (Å²) < 4.78 is 6.75. The molecule has 0 N–H and O–H groups in total. The first kappa shape index (κ1) is 21.8. The van der Waals surface area contributed by atoms with Crippen LogP contribution in [0.5, 0.6) is 0 Å². The molecule has 6 heteroatoms. The number of imidazole rings is 4. The van der Waals surface area contributed by atoms with Gasteiger partial charge in [-0.15, -0.1) is 0 Å². The topological polar surface area (TPSA) is 62.8 Å². The van der Waals surface area contributed by atoms with Crippen LogP contribution in [0.2, 0.25) is 0 Å². The van der Waals surface area contributed by atoms with Gasteiger partial charge >= 0.3 is 0 Å². The molecule has 0 fully saturated rings. The van der Waals surface area contributed by atoms with E-state index in [1.165, 1.54) is 21.5 Å². The van der Waals surface area contributed by atoms with E-state index in [9.17, 15) is 5.26 Å². The highest BCUT2D eigenvalue weighted by Crippen LogP contribution is 2.39. The van der Waals surface area contributed by atoms with Gasteiger partial charge in [-0.3, -0.25) is 8.80 Å². The molecule has 6 nitrogen and oxygen atoms in total. The van der Waals surface area contributed by atoms with Crippen molar-refractivity contribution >= 4 is 71.7 Å². The number of rotatable bonds is 1. The molecule has 42 heavy (non-hydrogen) atoms. The lowest BCUT2D eigenvalue weighted by molar-refractivity contribution is 1.15. The molecule has 0 radical (unpaired) electrons. The van der Waals surface area contributed by atoms with Gasteiger partial charge in [-0.1, -0.05) is 54.6 Å². The summed E-state index contributed by atoms with van der Waals surface area (Å²) in [5, 5.41) is 14.4. The molecule has 4 heterocycles. The van der Waals surface area contributed by atoms with Crippen molar-refractivity contribution in [2.75, 3.05) is 0 Å². The minimum Gasteiger partial charge on any atom is -0.276 e. The third kappa shape index (κ3) is 2.63. The van der Waals surface area contributed by atoms with Crippen molar-refractivity contribution in [3.8, 4) is 17.2 Å². The van der Waals surface area contributed by atoms with Gasteiger partial charge in [0.25, 0.3) is 0 Å². The zero-order valence-electron chi connectivity index (χ0n) is 22.5. The van der Waals surface area contributed by atoms with Crippen LogP contribution in [0, 0.1) is 18.3 Å². The van der Waals surface area contributed by atoms with Crippen molar-refractivity contribution in [1.82, 2.24) is 23.2 Å². The maximum atomic E-state index is 9.70. The number of hydrogen-bond donors (Lipinski definition) is 0. The fourth-order valence-electron chi connectivity index (χ4n) is 6.90. The van der Waals surface area contributed by atoms with Crippen molar-refractivity contribution in [2.24, 2.45) is 0 Å². The van der Waals surface area contributed by atoms with E-state index in [4.69, 9.17) is 9.97 Å². The van der Waals surface area contributed by atoms with Crippen LogP contribution >= 0.6 is 0 Å². The number of benzene rings is 6. The summed E-state index contributed by atoms with van der Waals surface area (Å²) in [5.74, 6) is 1.68. The smallest absolute Gasteiger partial charge is 0.223 e. The van der Waals surface area contributed by atoms with Crippen LogP contribution in [0.3, 0.4) is 0 Å². The Hall–Kier alpha value is -5.93. The summed E-state index contributed by atoms with van der Waals surface area (Å²) in [5.41, 5.74) is 11.1. The molecule has 6 aromatic carbocycles. The van der Waals surface area contributed by atoms with E-state index in [0.29, 0.717) is 5.56 Å². The van der Waals surface area contributed by atoms with Gasteiger partial charge in [-0.25, -0.2) is 14.4 Å². The summed E-state index contributed by atoms with van der Waals surface area (Å²) in [6, 6.07) is 38.4. The summed E-state index contributed by atoms with van der Waals surface area (Å²) in [4.78, 5) is 10.4. The Morgan fingerprint density at radius 1 is 0.571 bits per heavy atom. The van der Waals surface area contributed by atoms with Crippen LogP contribution in [-0.4, -0.2) is 23.2 Å². The summed E-state index contributed by atoms with van der Waals surface area (Å²) in [7, 11) is 0. The third-order valence-corrected chi connectivity index (χ3v) is 8.86. The Labute approximate surface area is 238 Å². The zero-order chi connectivity index (χ0) is 27.7. The Balaban J connectivity index is 1.45. The average molecular weight is 537 g/mol. The highest BCUT2D eigenvalue weighted by atomic mass is 15.3. The molecule has 0 aliphatic heterocycles. The van der Waals surface area contributed by atoms with Crippen LogP contribution in [0.1, 0.15) is 11.1 Å².